The Kier molecular flexibility index (Phi) is 16.8. The smallest absolute Gasteiger partial charge is 0.175 e. The summed E-state index contributed by atoms with van der Waals surface area (Å²) in [6.45, 7) is 22.3. The third-order valence-electron chi connectivity index (χ3n) is 10.9. The minimum Gasteiger partial charge on any atom is -0.303 e. The molecule has 6 heteroatoms. The molecule has 58 heavy (non-hydrogen) atoms. The molecule has 2 heterocycles. The van der Waals surface area contributed by atoms with Crippen LogP contribution in [0.1, 0.15) is 93.3 Å². The predicted molar refractivity (Wildman–Crippen MR) is 243 cm³/mol. The maximum Gasteiger partial charge on any atom is 0.175 e. The van der Waals surface area contributed by atoms with E-state index in [1.165, 1.54) is 0 Å². The molecule has 0 saturated heterocycles. The Morgan fingerprint density at radius 2 is 1.12 bits per heavy atom. The molecule has 6 nitrogen and oxygen atoms in total. The zero-order chi connectivity index (χ0) is 42.3. The van der Waals surface area contributed by atoms with Crippen molar-refractivity contribution in [3.8, 4) is 0 Å². The molecule has 2 N–H and O–H groups in total. The number of Topliss-reactive ketones (excluding diaryl/α,β-unsaturated/α-hetero) is 2. The molecule has 0 aromatic carbocycles. The van der Waals surface area contributed by atoms with Gasteiger partial charge in [0.05, 0.1) is 17.8 Å². The van der Waals surface area contributed by atoms with Crippen LogP contribution >= 0.6 is 0 Å². The van der Waals surface area contributed by atoms with Crippen molar-refractivity contribution in [3.05, 3.63) is 190 Å². The maximum atomic E-state index is 13.3. The number of allylic oxidation sites excluding steroid dienone is 20. The molecule has 0 spiro atoms. The van der Waals surface area contributed by atoms with Crippen LogP contribution in [0, 0.1) is 10.8 Å². The molecule has 2 aromatic heterocycles. The van der Waals surface area contributed by atoms with Crippen LogP contribution in [0.3, 0.4) is 0 Å². The van der Waals surface area contributed by atoms with E-state index < -0.39 is 0 Å². The van der Waals surface area contributed by atoms with Gasteiger partial charge < -0.3 is 10.6 Å². The molecule has 2 aliphatic rings. The van der Waals surface area contributed by atoms with Crippen LogP contribution in [0.15, 0.2) is 179 Å². The second-order valence-corrected chi connectivity index (χ2v) is 16.9. The lowest BCUT2D eigenvalue weighted by atomic mass is 9.70. The Balaban J connectivity index is 1.26. The van der Waals surface area contributed by atoms with E-state index in [1.807, 2.05) is 50.4 Å². The molecular formula is C52H64N4O2. The van der Waals surface area contributed by atoms with Crippen LogP contribution in [0.5, 0.6) is 0 Å². The summed E-state index contributed by atoms with van der Waals surface area (Å²) in [5, 5.41) is 6.89. The quantitative estimate of drug-likeness (QED) is 0.165. The summed E-state index contributed by atoms with van der Waals surface area (Å²) in [5.74, 6) is 0.331. The van der Waals surface area contributed by atoms with Gasteiger partial charge in [-0.05, 0) is 111 Å². The van der Waals surface area contributed by atoms with Crippen LogP contribution in [0.4, 0.5) is 0 Å². The van der Waals surface area contributed by atoms with Crippen molar-refractivity contribution in [2.24, 2.45) is 10.8 Å². The Bertz CT molecular complexity index is 1960. The highest BCUT2D eigenvalue weighted by Gasteiger charge is 2.38. The van der Waals surface area contributed by atoms with E-state index in [4.69, 9.17) is 0 Å². The maximum absolute atomic E-state index is 13.3. The van der Waals surface area contributed by atoms with Crippen LogP contribution in [0.25, 0.3) is 0 Å². The van der Waals surface area contributed by atoms with E-state index in [1.54, 1.807) is 12.4 Å². The largest absolute Gasteiger partial charge is 0.303 e. The van der Waals surface area contributed by atoms with Gasteiger partial charge in [0.2, 0.25) is 0 Å². The number of nitrogens with zero attached hydrogens (tertiary/aromatic N) is 2. The van der Waals surface area contributed by atoms with Gasteiger partial charge in [0.1, 0.15) is 0 Å². The highest BCUT2D eigenvalue weighted by molar-refractivity contribution is 6.02. The van der Waals surface area contributed by atoms with E-state index in [2.05, 4.69) is 161 Å². The average Bonchev–Trinajstić information content (AvgIpc) is 3.18. The molecule has 0 saturated carbocycles. The average molecular weight is 777 g/mol. The summed E-state index contributed by atoms with van der Waals surface area (Å²) in [4.78, 5) is 35.1. The normalized spacial score (nSPS) is 21.3. The molecule has 0 aliphatic heterocycles. The fourth-order valence-corrected chi connectivity index (χ4v) is 7.50. The van der Waals surface area contributed by atoms with Crippen molar-refractivity contribution in [1.29, 1.82) is 0 Å². The summed E-state index contributed by atoms with van der Waals surface area (Å²) in [6.07, 6.45) is 36.1. The van der Waals surface area contributed by atoms with E-state index in [0.717, 1.165) is 68.7 Å². The first-order chi connectivity index (χ1) is 27.6. The summed E-state index contributed by atoms with van der Waals surface area (Å²) in [7, 11) is 0. The van der Waals surface area contributed by atoms with Crippen molar-refractivity contribution in [2.75, 3.05) is 0 Å². The number of hydrogen-bond acceptors (Lipinski definition) is 6. The first-order valence-corrected chi connectivity index (χ1v) is 20.4. The van der Waals surface area contributed by atoms with Crippen LogP contribution in [-0.2, 0) is 22.7 Å². The number of carbonyl (C=O) groups is 2. The zero-order valence-electron chi connectivity index (χ0n) is 36.4. The zero-order valence-corrected chi connectivity index (χ0v) is 36.4. The number of ketones is 2. The third-order valence-corrected chi connectivity index (χ3v) is 10.9. The van der Waals surface area contributed by atoms with Gasteiger partial charge in [0, 0.05) is 31.7 Å². The Morgan fingerprint density at radius 3 is 1.59 bits per heavy atom. The number of nitrogens with one attached hydrogen (secondary N) is 2. The van der Waals surface area contributed by atoms with E-state index in [9.17, 15) is 9.59 Å². The van der Waals surface area contributed by atoms with Gasteiger partial charge in [-0.3, -0.25) is 19.6 Å². The second-order valence-electron chi connectivity index (χ2n) is 16.9. The second kappa shape index (κ2) is 21.5. The number of aromatic nitrogens is 2. The summed E-state index contributed by atoms with van der Waals surface area (Å²) in [5.41, 5.74) is 10.1. The van der Waals surface area contributed by atoms with Crippen molar-refractivity contribution in [3.63, 3.8) is 0 Å². The number of hydrogen-bond donors (Lipinski definition) is 2. The molecule has 0 radical (unpaired) electrons. The number of carbonyl (C=O) groups excluding carboxylic acids is 2. The molecule has 0 amide bonds. The molecule has 2 atom stereocenters. The lowest BCUT2D eigenvalue weighted by Crippen LogP contribution is -2.44. The van der Waals surface area contributed by atoms with Crippen LogP contribution < -0.4 is 10.6 Å². The Hall–Kier alpha value is -5.30. The van der Waals surface area contributed by atoms with Crippen molar-refractivity contribution in [2.45, 2.75) is 107 Å². The topological polar surface area (TPSA) is 84.0 Å². The lowest BCUT2D eigenvalue weighted by molar-refractivity contribution is -0.119. The van der Waals surface area contributed by atoms with E-state index >= 15 is 0 Å². The first kappa shape index (κ1) is 45.4. The molecule has 2 unspecified atom stereocenters. The van der Waals surface area contributed by atoms with Gasteiger partial charge in [-0.1, -0.05) is 147 Å². The first-order valence-electron chi connectivity index (χ1n) is 20.4. The van der Waals surface area contributed by atoms with Gasteiger partial charge in [-0.25, -0.2) is 0 Å². The van der Waals surface area contributed by atoms with Gasteiger partial charge in [-0.2, -0.15) is 0 Å². The highest BCUT2D eigenvalue weighted by Crippen LogP contribution is 2.41. The van der Waals surface area contributed by atoms with Crippen LogP contribution in [0.2, 0.25) is 0 Å². The van der Waals surface area contributed by atoms with Crippen LogP contribution in [-0.4, -0.2) is 33.6 Å². The van der Waals surface area contributed by atoms with Crippen molar-refractivity contribution >= 4 is 11.6 Å². The minimum absolute atomic E-state index is 0.128. The SMILES string of the molecule is CC(C=CC=C(C)C=CC1=C(C)C(=O)C(NCc2cccnc2)CC1(C)C)=CC=CC=C(C)C=CC=C(C)C=CC1=C(C)C(=O)C(NCc2ccccn2)CC1(C)C. The minimum atomic E-state index is -0.215. The fraction of sp³-hybridized carbons (Fsp3) is 0.346. The molecule has 2 aliphatic carbocycles. The summed E-state index contributed by atoms with van der Waals surface area (Å²) in [6, 6.07) is 9.36. The Morgan fingerprint density at radius 1 is 0.638 bits per heavy atom. The molecular weight excluding hydrogens is 713 g/mol. The fourth-order valence-electron chi connectivity index (χ4n) is 7.50. The van der Waals surface area contributed by atoms with Crippen molar-refractivity contribution < 1.29 is 9.59 Å². The summed E-state index contributed by atoms with van der Waals surface area (Å²) < 4.78 is 0. The number of rotatable bonds is 16. The molecule has 0 bridgehead atoms. The molecule has 4 rings (SSSR count). The van der Waals surface area contributed by atoms with Gasteiger partial charge in [0.25, 0.3) is 0 Å². The van der Waals surface area contributed by atoms with Crippen molar-refractivity contribution in [1.82, 2.24) is 20.6 Å². The van der Waals surface area contributed by atoms with Gasteiger partial charge in [-0.15, -0.1) is 0 Å². The standard InChI is InChI=1S/C52H64N4O2/c1-37(20-15-22-39(3)26-28-45-41(5)49(57)47(32-51(45,7)8)55-35-43-24-17-30-53-34-43)18-11-12-19-38(2)21-16-23-40(4)27-29-46-42(6)50(58)48(33-52(46,9)10)56-36-44-25-13-14-31-54-44/h11-31,34,47-48,55-56H,32-33,35-36H2,1-10H3. The monoisotopic (exact) mass is 777 g/mol. The highest BCUT2D eigenvalue weighted by atomic mass is 16.1. The van der Waals surface area contributed by atoms with Gasteiger partial charge >= 0.3 is 0 Å². The molecule has 304 valence electrons. The van der Waals surface area contributed by atoms with Gasteiger partial charge in [0.15, 0.2) is 11.6 Å². The lowest BCUT2D eigenvalue weighted by Gasteiger charge is -2.37. The van der Waals surface area contributed by atoms with E-state index in [-0.39, 0.29) is 34.5 Å². The predicted octanol–water partition coefficient (Wildman–Crippen LogP) is 11.3. The third kappa shape index (κ3) is 13.7. The molecule has 0 fully saturated rings. The molecule has 2 aromatic rings. The Labute approximate surface area is 348 Å². The summed E-state index contributed by atoms with van der Waals surface area (Å²) >= 11 is 0. The van der Waals surface area contributed by atoms with E-state index in [0.29, 0.717) is 13.1 Å². The number of pyridine rings is 2.